The van der Waals surface area contributed by atoms with Gasteiger partial charge in [-0.3, -0.25) is 0 Å². The van der Waals surface area contributed by atoms with E-state index >= 15 is 0 Å². The van der Waals surface area contributed by atoms with E-state index < -0.39 is 0 Å². The third-order valence-corrected chi connectivity index (χ3v) is 2.75. The molecule has 0 saturated heterocycles. The molecule has 1 aromatic carbocycles. The maximum absolute atomic E-state index is 3.43. The first-order valence-electron chi connectivity index (χ1n) is 4.89. The minimum atomic E-state index is 0.874. The predicted molar refractivity (Wildman–Crippen MR) is 57.3 cm³/mol. The summed E-state index contributed by atoms with van der Waals surface area (Å²) in [6, 6.07) is 12.8. The lowest BCUT2D eigenvalue weighted by Crippen LogP contribution is -2.05. The van der Waals surface area contributed by atoms with E-state index in [1.54, 1.807) is 0 Å². The number of nitrogens with one attached hydrogen (secondary N) is 1. The number of anilines is 1. The Balaban J connectivity index is 2.10. The van der Waals surface area contributed by atoms with E-state index in [0.717, 1.165) is 13.1 Å². The van der Waals surface area contributed by atoms with Gasteiger partial charge in [0.1, 0.15) is 0 Å². The summed E-state index contributed by atoms with van der Waals surface area (Å²) in [5.74, 6) is 0. The Morgan fingerprint density at radius 2 is 2.00 bits per heavy atom. The number of fused-ring (bicyclic) bond motifs is 2. The van der Waals surface area contributed by atoms with E-state index in [1.807, 2.05) is 0 Å². The zero-order chi connectivity index (χ0) is 9.38. The number of benzene rings is 1. The summed E-state index contributed by atoms with van der Waals surface area (Å²) in [5.41, 5.74) is 4.02. The van der Waals surface area contributed by atoms with Crippen molar-refractivity contribution in [2.45, 2.75) is 13.1 Å². The van der Waals surface area contributed by atoms with Gasteiger partial charge in [0.05, 0.1) is 6.67 Å². The molecule has 2 nitrogen and oxygen atoms in total. The molecule has 2 heteroatoms. The summed E-state index contributed by atoms with van der Waals surface area (Å²) in [6.45, 7) is 0.874. The van der Waals surface area contributed by atoms with Crippen LogP contribution in [-0.2, 0) is 13.1 Å². The highest BCUT2D eigenvalue weighted by Gasteiger charge is 2.09. The average Bonchev–Trinajstić information content (AvgIpc) is 2.58. The highest BCUT2D eigenvalue weighted by atomic mass is 15.1. The minimum Gasteiger partial charge on any atom is -0.367 e. The smallest absolute Gasteiger partial charge is 0.0916 e. The molecule has 0 aliphatic carbocycles. The zero-order valence-corrected chi connectivity index (χ0v) is 7.90. The van der Waals surface area contributed by atoms with Gasteiger partial charge in [0, 0.05) is 24.0 Å². The summed E-state index contributed by atoms with van der Waals surface area (Å²) < 4.78 is 2.25. The quantitative estimate of drug-likeness (QED) is 0.665. The molecule has 3 rings (SSSR count). The van der Waals surface area contributed by atoms with Gasteiger partial charge in [0.15, 0.2) is 0 Å². The highest BCUT2D eigenvalue weighted by molar-refractivity contribution is 5.53. The standard InChI is InChI=1S/C12H12N2/c1-2-6-12-10(4-1)8-11-5-3-7-14(11)9-13-12/h1-7,13H,8-9H2. The highest BCUT2D eigenvalue weighted by Crippen LogP contribution is 2.22. The van der Waals surface area contributed by atoms with Gasteiger partial charge in [-0.1, -0.05) is 18.2 Å². The molecule has 2 aromatic rings. The monoisotopic (exact) mass is 184 g/mol. The lowest BCUT2D eigenvalue weighted by molar-refractivity contribution is 0.754. The number of hydrogen-bond donors (Lipinski definition) is 1. The maximum atomic E-state index is 3.43. The SMILES string of the molecule is c1ccc2c(c1)Cc1cccn1CN2. The molecule has 2 heterocycles. The van der Waals surface area contributed by atoms with Crippen LogP contribution in [0.5, 0.6) is 0 Å². The van der Waals surface area contributed by atoms with Gasteiger partial charge in [-0.15, -0.1) is 0 Å². The molecule has 14 heavy (non-hydrogen) atoms. The topological polar surface area (TPSA) is 17.0 Å². The van der Waals surface area contributed by atoms with Crippen LogP contribution < -0.4 is 5.32 Å². The van der Waals surface area contributed by atoms with Crippen molar-refractivity contribution in [3.8, 4) is 0 Å². The van der Waals surface area contributed by atoms with Gasteiger partial charge >= 0.3 is 0 Å². The van der Waals surface area contributed by atoms with Gasteiger partial charge in [-0.05, 0) is 23.8 Å². The molecule has 0 unspecified atom stereocenters. The predicted octanol–water partition coefficient (Wildman–Crippen LogP) is 2.46. The second-order valence-electron chi connectivity index (χ2n) is 3.64. The minimum absolute atomic E-state index is 0.874. The maximum Gasteiger partial charge on any atom is 0.0916 e. The fraction of sp³-hybridized carbons (Fsp3) is 0.167. The van der Waals surface area contributed by atoms with Gasteiger partial charge in [0.2, 0.25) is 0 Å². The van der Waals surface area contributed by atoms with Gasteiger partial charge in [-0.2, -0.15) is 0 Å². The molecule has 1 aromatic heterocycles. The number of hydrogen-bond acceptors (Lipinski definition) is 1. The number of para-hydroxylation sites is 1. The Morgan fingerprint density at radius 3 is 3.00 bits per heavy atom. The zero-order valence-electron chi connectivity index (χ0n) is 7.90. The molecule has 0 amide bonds. The molecular formula is C12H12N2. The van der Waals surface area contributed by atoms with Crippen LogP contribution in [0.2, 0.25) is 0 Å². The second-order valence-corrected chi connectivity index (χ2v) is 3.64. The van der Waals surface area contributed by atoms with E-state index in [-0.39, 0.29) is 0 Å². The molecule has 0 saturated carbocycles. The molecule has 0 bridgehead atoms. The number of aromatic nitrogens is 1. The Labute approximate surface area is 83.2 Å². The van der Waals surface area contributed by atoms with E-state index in [4.69, 9.17) is 0 Å². The van der Waals surface area contributed by atoms with Crippen molar-refractivity contribution < 1.29 is 0 Å². The van der Waals surface area contributed by atoms with Crippen molar-refractivity contribution >= 4 is 5.69 Å². The molecule has 70 valence electrons. The van der Waals surface area contributed by atoms with Crippen LogP contribution in [-0.4, -0.2) is 4.57 Å². The lowest BCUT2D eigenvalue weighted by atomic mass is 10.1. The van der Waals surface area contributed by atoms with Crippen LogP contribution in [0, 0.1) is 0 Å². The Hall–Kier alpha value is -1.70. The molecule has 0 radical (unpaired) electrons. The molecular weight excluding hydrogens is 172 g/mol. The Kier molecular flexibility index (Phi) is 1.60. The van der Waals surface area contributed by atoms with E-state index in [2.05, 4.69) is 52.5 Å². The summed E-state index contributed by atoms with van der Waals surface area (Å²) >= 11 is 0. The van der Waals surface area contributed by atoms with Gasteiger partial charge in [-0.25, -0.2) is 0 Å². The van der Waals surface area contributed by atoms with Crippen LogP contribution in [0.15, 0.2) is 42.6 Å². The first kappa shape index (κ1) is 7.68. The third kappa shape index (κ3) is 1.11. The Morgan fingerprint density at radius 1 is 1.07 bits per heavy atom. The van der Waals surface area contributed by atoms with Crippen LogP contribution in [0.4, 0.5) is 5.69 Å². The van der Waals surface area contributed by atoms with Gasteiger partial charge < -0.3 is 9.88 Å². The molecule has 1 aliphatic heterocycles. The summed E-state index contributed by atoms with van der Waals surface area (Å²) in [7, 11) is 0. The summed E-state index contributed by atoms with van der Waals surface area (Å²) in [5, 5.41) is 3.43. The number of rotatable bonds is 0. The van der Waals surface area contributed by atoms with Crippen molar-refractivity contribution in [2.24, 2.45) is 0 Å². The second kappa shape index (κ2) is 2.91. The van der Waals surface area contributed by atoms with Crippen LogP contribution in [0.3, 0.4) is 0 Å². The van der Waals surface area contributed by atoms with Crippen molar-refractivity contribution in [3.63, 3.8) is 0 Å². The largest absolute Gasteiger partial charge is 0.367 e. The third-order valence-electron chi connectivity index (χ3n) is 2.75. The van der Waals surface area contributed by atoms with Crippen molar-refractivity contribution in [1.29, 1.82) is 0 Å². The Bertz CT molecular complexity index is 457. The van der Waals surface area contributed by atoms with E-state index in [9.17, 15) is 0 Å². The van der Waals surface area contributed by atoms with Gasteiger partial charge in [0.25, 0.3) is 0 Å². The van der Waals surface area contributed by atoms with E-state index in [0.29, 0.717) is 0 Å². The molecule has 1 aliphatic rings. The fourth-order valence-electron chi connectivity index (χ4n) is 1.98. The first-order valence-corrected chi connectivity index (χ1v) is 4.89. The average molecular weight is 184 g/mol. The van der Waals surface area contributed by atoms with Crippen molar-refractivity contribution in [3.05, 3.63) is 53.9 Å². The van der Waals surface area contributed by atoms with E-state index in [1.165, 1.54) is 16.9 Å². The normalized spacial score (nSPS) is 13.7. The molecule has 0 fully saturated rings. The van der Waals surface area contributed by atoms with Crippen LogP contribution in [0.1, 0.15) is 11.3 Å². The first-order chi connectivity index (χ1) is 6.93. The van der Waals surface area contributed by atoms with Crippen LogP contribution >= 0.6 is 0 Å². The molecule has 0 atom stereocenters. The van der Waals surface area contributed by atoms with Crippen LogP contribution in [0.25, 0.3) is 0 Å². The van der Waals surface area contributed by atoms with Crippen molar-refractivity contribution in [2.75, 3.05) is 5.32 Å². The summed E-state index contributed by atoms with van der Waals surface area (Å²) in [6.07, 6.45) is 3.14. The molecule has 1 N–H and O–H groups in total. The van der Waals surface area contributed by atoms with Crippen molar-refractivity contribution in [1.82, 2.24) is 4.57 Å². The fourth-order valence-corrected chi connectivity index (χ4v) is 1.98. The molecule has 0 spiro atoms. The summed E-state index contributed by atoms with van der Waals surface area (Å²) in [4.78, 5) is 0. The number of nitrogens with zero attached hydrogens (tertiary/aromatic N) is 1. The lowest BCUT2D eigenvalue weighted by Gasteiger charge is -2.06.